The normalized spacial score (nSPS) is 21.4. The SMILES string of the molecule is Cc1cc(C)cc(Nc2ncc3c(n2)CCN(C2CCNCC2)C3C)c1. The van der Waals surface area contributed by atoms with Crippen LogP contribution in [0.15, 0.2) is 24.4 Å². The highest BCUT2D eigenvalue weighted by Crippen LogP contribution is 2.32. The van der Waals surface area contributed by atoms with Crippen molar-refractivity contribution in [2.75, 3.05) is 25.0 Å². The van der Waals surface area contributed by atoms with Crippen LogP contribution < -0.4 is 10.6 Å². The first kappa shape index (κ1) is 17.4. The van der Waals surface area contributed by atoms with Gasteiger partial charge in [-0.1, -0.05) is 6.07 Å². The van der Waals surface area contributed by atoms with Gasteiger partial charge in [0.05, 0.1) is 5.69 Å². The molecule has 0 saturated carbocycles. The van der Waals surface area contributed by atoms with E-state index >= 15 is 0 Å². The molecule has 0 spiro atoms. The predicted molar refractivity (Wildman–Crippen MR) is 106 cm³/mol. The zero-order chi connectivity index (χ0) is 18.1. The second-order valence-corrected chi connectivity index (χ2v) is 7.74. The highest BCUT2D eigenvalue weighted by molar-refractivity contribution is 5.56. The largest absolute Gasteiger partial charge is 0.324 e. The van der Waals surface area contributed by atoms with E-state index in [0.717, 1.165) is 31.7 Å². The molecule has 0 aliphatic carbocycles. The molecule has 138 valence electrons. The molecule has 1 atom stereocenters. The van der Waals surface area contributed by atoms with Crippen LogP contribution in [0, 0.1) is 13.8 Å². The van der Waals surface area contributed by atoms with Gasteiger partial charge >= 0.3 is 0 Å². The molecule has 1 unspecified atom stereocenters. The van der Waals surface area contributed by atoms with Gasteiger partial charge in [-0.25, -0.2) is 9.97 Å². The van der Waals surface area contributed by atoms with Crippen molar-refractivity contribution >= 4 is 11.6 Å². The minimum atomic E-state index is 0.400. The maximum atomic E-state index is 4.84. The Labute approximate surface area is 156 Å². The lowest BCUT2D eigenvalue weighted by Gasteiger charge is -2.41. The molecule has 3 heterocycles. The van der Waals surface area contributed by atoms with E-state index in [1.54, 1.807) is 0 Å². The van der Waals surface area contributed by atoms with Crippen LogP contribution in [0.4, 0.5) is 11.6 Å². The molecule has 2 aliphatic rings. The topological polar surface area (TPSA) is 53.1 Å². The van der Waals surface area contributed by atoms with Crippen molar-refractivity contribution in [1.29, 1.82) is 0 Å². The Morgan fingerprint density at radius 3 is 2.58 bits per heavy atom. The van der Waals surface area contributed by atoms with E-state index in [9.17, 15) is 0 Å². The Balaban J connectivity index is 1.52. The fourth-order valence-electron chi connectivity index (χ4n) is 4.46. The molecule has 0 amide bonds. The lowest BCUT2D eigenvalue weighted by Crippen LogP contribution is -2.47. The summed E-state index contributed by atoms with van der Waals surface area (Å²) in [5.41, 5.74) is 6.04. The highest BCUT2D eigenvalue weighted by atomic mass is 15.2. The van der Waals surface area contributed by atoms with Crippen LogP contribution in [0.2, 0.25) is 0 Å². The number of anilines is 2. The number of nitrogens with one attached hydrogen (secondary N) is 2. The molecule has 1 saturated heterocycles. The minimum absolute atomic E-state index is 0.400. The average molecular weight is 351 g/mol. The van der Waals surface area contributed by atoms with Crippen LogP contribution in [0.1, 0.15) is 48.2 Å². The number of nitrogens with zero attached hydrogens (tertiary/aromatic N) is 3. The van der Waals surface area contributed by atoms with E-state index in [2.05, 4.69) is 59.5 Å². The van der Waals surface area contributed by atoms with Crippen LogP contribution in [0.3, 0.4) is 0 Å². The Kier molecular flexibility index (Phi) is 4.92. The first-order valence-electron chi connectivity index (χ1n) is 9.78. The summed E-state index contributed by atoms with van der Waals surface area (Å²) in [5, 5.41) is 6.85. The van der Waals surface area contributed by atoms with E-state index < -0.39 is 0 Å². The van der Waals surface area contributed by atoms with Gasteiger partial charge in [0.1, 0.15) is 0 Å². The second kappa shape index (κ2) is 7.33. The fraction of sp³-hybridized carbons (Fsp3) is 0.524. The summed E-state index contributed by atoms with van der Waals surface area (Å²) >= 11 is 0. The summed E-state index contributed by atoms with van der Waals surface area (Å²) in [6, 6.07) is 7.54. The van der Waals surface area contributed by atoms with Gasteiger partial charge in [0, 0.05) is 42.5 Å². The molecule has 2 aliphatic heterocycles. The van der Waals surface area contributed by atoms with Crippen LogP contribution in [-0.4, -0.2) is 40.5 Å². The molecule has 1 aromatic heterocycles. The van der Waals surface area contributed by atoms with E-state index in [0.29, 0.717) is 18.0 Å². The molecule has 0 bridgehead atoms. The smallest absolute Gasteiger partial charge is 0.227 e. The molecule has 5 heteroatoms. The van der Waals surface area contributed by atoms with E-state index in [1.165, 1.54) is 35.2 Å². The zero-order valence-electron chi connectivity index (χ0n) is 16.0. The Morgan fingerprint density at radius 2 is 1.85 bits per heavy atom. The highest BCUT2D eigenvalue weighted by Gasteiger charge is 2.31. The van der Waals surface area contributed by atoms with Gasteiger partial charge in [0.25, 0.3) is 0 Å². The van der Waals surface area contributed by atoms with Crippen molar-refractivity contribution in [3.05, 3.63) is 46.8 Å². The van der Waals surface area contributed by atoms with Crippen molar-refractivity contribution in [2.24, 2.45) is 0 Å². The van der Waals surface area contributed by atoms with Gasteiger partial charge in [0.15, 0.2) is 0 Å². The predicted octanol–water partition coefficient (Wildman–Crippen LogP) is 3.51. The molecular weight excluding hydrogens is 322 g/mol. The minimum Gasteiger partial charge on any atom is -0.324 e. The zero-order valence-corrected chi connectivity index (χ0v) is 16.0. The third-order valence-electron chi connectivity index (χ3n) is 5.71. The monoisotopic (exact) mass is 351 g/mol. The number of rotatable bonds is 3. The van der Waals surface area contributed by atoms with Gasteiger partial charge in [0.2, 0.25) is 5.95 Å². The van der Waals surface area contributed by atoms with Crippen molar-refractivity contribution < 1.29 is 0 Å². The van der Waals surface area contributed by atoms with Crippen molar-refractivity contribution in [3.8, 4) is 0 Å². The number of hydrogen-bond acceptors (Lipinski definition) is 5. The number of hydrogen-bond donors (Lipinski definition) is 2. The van der Waals surface area contributed by atoms with Gasteiger partial charge in [-0.2, -0.15) is 0 Å². The molecule has 2 aromatic rings. The lowest BCUT2D eigenvalue weighted by molar-refractivity contribution is 0.108. The first-order chi connectivity index (χ1) is 12.6. The molecule has 0 radical (unpaired) electrons. The Bertz CT molecular complexity index is 762. The third kappa shape index (κ3) is 3.60. The molecule has 1 aromatic carbocycles. The number of fused-ring (bicyclic) bond motifs is 1. The summed E-state index contributed by atoms with van der Waals surface area (Å²) in [6.07, 6.45) is 5.53. The second-order valence-electron chi connectivity index (χ2n) is 7.74. The fourth-order valence-corrected chi connectivity index (χ4v) is 4.46. The third-order valence-corrected chi connectivity index (χ3v) is 5.71. The standard InChI is InChI=1S/C21H29N5/c1-14-10-15(2)12-17(11-14)24-21-23-13-19-16(3)26(9-6-20(19)25-21)18-4-7-22-8-5-18/h10-13,16,18,22H,4-9H2,1-3H3,(H,23,24,25). The first-order valence-corrected chi connectivity index (χ1v) is 9.78. The van der Waals surface area contributed by atoms with Crippen LogP contribution in [0.25, 0.3) is 0 Å². The Morgan fingerprint density at radius 1 is 1.12 bits per heavy atom. The van der Waals surface area contributed by atoms with Crippen molar-refractivity contribution in [3.63, 3.8) is 0 Å². The number of aryl methyl sites for hydroxylation is 2. The van der Waals surface area contributed by atoms with Crippen molar-refractivity contribution in [2.45, 2.75) is 52.1 Å². The summed E-state index contributed by atoms with van der Waals surface area (Å²) < 4.78 is 0. The van der Waals surface area contributed by atoms with Crippen molar-refractivity contribution in [1.82, 2.24) is 20.2 Å². The van der Waals surface area contributed by atoms with Crippen LogP contribution in [0.5, 0.6) is 0 Å². The number of benzene rings is 1. The molecular formula is C21H29N5. The molecule has 5 nitrogen and oxygen atoms in total. The molecule has 1 fully saturated rings. The average Bonchev–Trinajstić information content (AvgIpc) is 2.62. The van der Waals surface area contributed by atoms with Gasteiger partial charge < -0.3 is 10.6 Å². The molecule has 2 N–H and O–H groups in total. The lowest BCUT2D eigenvalue weighted by atomic mass is 9.94. The maximum absolute atomic E-state index is 4.84. The maximum Gasteiger partial charge on any atom is 0.227 e. The Hall–Kier alpha value is -1.98. The molecule has 4 rings (SSSR count). The van der Waals surface area contributed by atoms with E-state index in [4.69, 9.17) is 4.98 Å². The van der Waals surface area contributed by atoms with Crippen LogP contribution in [-0.2, 0) is 6.42 Å². The summed E-state index contributed by atoms with van der Waals surface area (Å²) in [7, 11) is 0. The van der Waals surface area contributed by atoms with Crippen LogP contribution >= 0.6 is 0 Å². The van der Waals surface area contributed by atoms with Gasteiger partial charge in [-0.05, 0) is 70.0 Å². The van der Waals surface area contributed by atoms with E-state index in [1.807, 2.05) is 6.20 Å². The summed E-state index contributed by atoms with van der Waals surface area (Å²) in [5.74, 6) is 0.705. The molecule has 26 heavy (non-hydrogen) atoms. The summed E-state index contributed by atoms with van der Waals surface area (Å²) in [6.45, 7) is 9.90. The number of piperidine rings is 1. The van der Waals surface area contributed by atoms with E-state index in [-0.39, 0.29) is 0 Å². The van der Waals surface area contributed by atoms with Gasteiger partial charge in [-0.15, -0.1) is 0 Å². The quantitative estimate of drug-likeness (QED) is 0.886. The summed E-state index contributed by atoms with van der Waals surface area (Å²) in [4.78, 5) is 12.1. The van der Waals surface area contributed by atoms with Gasteiger partial charge in [-0.3, -0.25) is 4.90 Å². The number of aromatic nitrogens is 2.